The smallest absolute Gasteiger partial charge is 0.274 e. The van der Waals surface area contributed by atoms with Crippen LogP contribution in [0.15, 0.2) is 18.2 Å². The van der Waals surface area contributed by atoms with E-state index in [2.05, 4.69) is 0 Å². The first-order valence-corrected chi connectivity index (χ1v) is 6.35. The van der Waals surface area contributed by atoms with Gasteiger partial charge in [0, 0.05) is 18.8 Å². The quantitative estimate of drug-likeness (QED) is 0.675. The maximum absolute atomic E-state index is 13.4. The second kappa shape index (κ2) is 5.52. The van der Waals surface area contributed by atoms with Gasteiger partial charge in [0.25, 0.3) is 5.69 Å². The van der Waals surface area contributed by atoms with Crippen LogP contribution in [0.2, 0.25) is 0 Å². The number of nitro benzene ring substituents is 1. The van der Waals surface area contributed by atoms with Crippen LogP contribution in [0.25, 0.3) is 0 Å². The Labute approximate surface area is 110 Å². The number of rotatable bonds is 3. The van der Waals surface area contributed by atoms with E-state index < -0.39 is 16.8 Å². The Morgan fingerprint density at radius 2 is 2.05 bits per heavy atom. The van der Waals surface area contributed by atoms with Gasteiger partial charge in [-0.05, 0) is 18.9 Å². The summed E-state index contributed by atoms with van der Waals surface area (Å²) in [5, 5.41) is 20.7. The molecule has 1 aromatic rings. The van der Waals surface area contributed by atoms with E-state index in [9.17, 15) is 19.6 Å². The molecule has 0 saturated heterocycles. The van der Waals surface area contributed by atoms with Gasteiger partial charge < -0.3 is 10.0 Å². The molecule has 0 spiro atoms. The highest BCUT2D eigenvalue weighted by atomic mass is 19.1. The zero-order chi connectivity index (χ0) is 14.0. The van der Waals surface area contributed by atoms with E-state index in [4.69, 9.17) is 0 Å². The van der Waals surface area contributed by atoms with Crippen molar-refractivity contribution >= 4 is 11.4 Å². The van der Waals surface area contributed by atoms with Gasteiger partial charge in [-0.1, -0.05) is 12.8 Å². The first kappa shape index (κ1) is 13.7. The summed E-state index contributed by atoms with van der Waals surface area (Å²) in [5.41, 5.74) is 0.157. The molecule has 6 heteroatoms. The van der Waals surface area contributed by atoms with Gasteiger partial charge in [-0.25, -0.2) is 4.39 Å². The minimum absolute atomic E-state index is 0.116. The fraction of sp³-hybridized carbons (Fsp3) is 0.538. The highest BCUT2D eigenvalue weighted by Gasteiger charge is 2.27. The number of aliphatic hydroxyl groups excluding tert-OH is 1. The second-order valence-corrected chi connectivity index (χ2v) is 4.95. The Kier molecular flexibility index (Phi) is 3.99. The molecule has 0 heterocycles. The molecule has 1 aliphatic rings. The number of nitrogens with zero attached hydrogens (tertiary/aromatic N) is 2. The number of halogens is 1. The average molecular weight is 268 g/mol. The molecule has 1 N–H and O–H groups in total. The van der Waals surface area contributed by atoms with E-state index >= 15 is 0 Å². The van der Waals surface area contributed by atoms with Gasteiger partial charge in [-0.2, -0.15) is 0 Å². The van der Waals surface area contributed by atoms with Crippen LogP contribution in [-0.2, 0) is 0 Å². The fourth-order valence-electron chi connectivity index (χ4n) is 2.60. The van der Waals surface area contributed by atoms with Crippen LogP contribution in [0.1, 0.15) is 25.7 Å². The van der Waals surface area contributed by atoms with Gasteiger partial charge in [-0.15, -0.1) is 0 Å². The van der Waals surface area contributed by atoms with Crippen LogP contribution in [-0.4, -0.2) is 29.2 Å². The van der Waals surface area contributed by atoms with Crippen molar-refractivity contribution in [3.63, 3.8) is 0 Å². The van der Waals surface area contributed by atoms with Crippen molar-refractivity contribution in [2.75, 3.05) is 11.9 Å². The van der Waals surface area contributed by atoms with Crippen LogP contribution in [0.3, 0.4) is 0 Å². The lowest BCUT2D eigenvalue weighted by Gasteiger charge is -2.36. The summed E-state index contributed by atoms with van der Waals surface area (Å²) >= 11 is 0. The third-order valence-corrected chi connectivity index (χ3v) is 3.68. The van der Waals surface area contributed by atoms with Crippen molar-refractivity contribution in [3.05, 3.63) is 34.1 Å². The van der Waals surface area contributed by atoms with Crippen LogP contribution < -0.4 is 4.90 Å². The first-order valence-electron chi connectivity index (χ1n) is 6.35. The molecule has 0 amide bonds. The van der Waals surface area contributed by atoms with Gasteiger partial charge in [0.2, 0.25) is 0 Å². The van der Waals surface area contributed by atoms with Crippen molar-refractivity contribution in [1.29, 1.82) is 0 Å². The van der Waals surface area contributed by atoms with Crippen LogP contribution in [0.4, 0.5) is 15.8 Å². The van der Waals surface area contributed by atoms with Crippen molar-refractivity contribution in [1.82, 2.24) is 0 Å². The third kappa shape index (κ3) is 3.01. The summed E-state index contributed by atoms with van der Waals surface area (Å²) in [4.78, 5) is 11.9. The van der Waals surface area contributed by atoms with E-state index in [0.29, 0.717) is 12.1 Å². The van der Waals surface area contributed by atoms with Gasteiger partial charge in [-0.3, -0.25) is 10.1 Å². The number of aliphatic hydroxyl groups is 1. The Morgan fingerprint density at radius 1 is 1.37 bits per heavy atom. The first-order chi connectivity index (χ1) is 8.99. The lowest BCUT2D eigenvalue weighted by atomic mass is 9.91. The summed E-state index contributed by atoms with van der Waals surface area (Å²) in [6.07, 6.45) is 3.04. The van der Waals surface area contributed by atoms with Crippen molar-refractivity contribution in [3.8, 4) is 0 Å². The summed E-state index contributed by atoms with van der Waals surface area (Å²) in [6, 6.07) is 3.38. The number of benzene rings is 1. The summed E-state index contributed by atoms with van der Waals surface area (Å²) in [7, 11) is 1.73. The normalized spacial score (nSPS) is 23.1. The van der Waals surface area contributed by atoms with Gasteiger partial charge in [0.05, 0.1) is 23.1 Å². The van der Waals surface area contributed by atoms with E-state index in [-0.39, 0.29) is 11.7 Å². The molecule has 2 unspecified atom stereocenters. The minimum atomic E-state index is -0.638. The van der Waals surface area contributed by atoms with Gasteiger partial charge in [0.1, 0.15) is 5.82 Å². The van der Waals surface area contributed by atoms with E-state index in [1.165, 1.54) is 12.1 Å². The van der Waals surface area contributed by atoms with E-state index in [0.717, 1.165) is 25.3 Å². The molecule has 1 saturated carbocycles. The van der Waals surface area contributed by atoms with Crippen LogP contribution in [0.5, 0.6) is 0 Å². The number of likely N-dealkylation sites (N-methyl/N-ethyl adjacent to an activating group) is 1. The monoisotopic (exact) mass is 268 g/mol. The molecule has 1 fully saturated rings. The molecule has 5 nitrogen and oxygen atoms in total. The van der Waals surface area contributed by atoms with Gasteiger partial charge in [0.15, 0.2) is 0 Å². The lowest BCUT2D eigenvalue weighted by Crippen LogP contribution is -2.43. The molecule has 1 aliphatic carbocycles. The SMILES string of the molecule is CN(c1cc(F)cc([N+](=O)[O-])c1)C1CCCCC1O. The number of anilines is 1. The standard InChI is InChI=1S/C13H17FN2O3/c1-15(12-4-2-3-5-13(12)17)10-6-9(14)7-11(8-10)16(18)19/h6-8,12-13,17H,2-5H2,1H3. The van der Waals surface area contributed by atoms with E-state index in [1.54, 1.807) is 11.9 Å². The zero-order valence-corrected chi connectivity index (χ0v) is 10.8. The van der Waals surface area contributed by atoms with E-state index in [1.807, 2.05) is 0 Å². The molecule has 19 heavy (non-hydrogen) atoms. The predicted molar refractivity (Wildman–Crippen MR) is 69.7 cm³/mol. The number of non-ortho nitro benzene ring substituents is 1. The molecule has 0 aliphatic heterocycles. The molecular formula is C13H17FN2O3. The zero-order valence-electron chi connectivity index (χ0n) is 10.8. The number of hydrogen-bond acceptors (Lipinski definition) is 4. The molecule has 1 aromatic carbocycles. The second-order valence-electron chi connectivity index (χ2n) is 4.95. The highest BCUT2D eigenvalue weighted by Crippen LogP contribution is 2.29. The van der Waals surface area contributed by atoms with Crippen molar-refractivity contribution in [2.24, 2.45) is 0 Å². The average Bonchev–Trinajstić information content (AvgIpc) is 2.37. The third-order valence-electron chi connectivity index (χ3n) is 3.68. The van der Waals surface area contributed by atoms with Crippen molar-refractivity contribution in [2.45, 2.75) is 37.8 Å². The van der Waals surface area contributed by atoms with Crippen LogP contribution in [0, 0.1) is 15.9 Å². The lowest BCUT2D eigenvalue weighted by molar-refractivity contribution is -0.385. The number of nitro groups is 1. The maximum Gasteiger partial charge on any atom is 0.274 e. The molecule has 0 bridgehead atoms. The number of hydrogen-bond donors (Lipinski definition) is 1. The summed E-state index contributed by atoms with van der Waals surface area (Å²) in [6.45, 7) is 0. The Hall–Kier alpha value is -1.69. The Balaban J connectivity index is 2.27. The molecule has 0 radical (unpaired) electrons. The maximum atomic E-state index is 13.4. The summed E-state index contributed by atoms with van der Waals surface area (Å²) < 4.78 is 13.4. The minimum Gasteiger partial charge on any atom is -0.391 e. The molecule has 0 aromatic heterocycles. The van der Waals surface area contributed by atoms with Crippen molar-refractivity contribution < 1.29 is 14.4 Å². The summed E-state index contributed by atoms with van der Waals surface area (Å²) in [5.74, 6) is -0.638. The molecular weight excluding hydrogens is 251 g/mol. The fourth-order valence-corrected chi connectivity index (χ4v) is 2.60. The molecule has 104 valence electrons. The topological polar surface area (TPSA) is 66.6 Å². The molecule has 2 rings (SSSR count). The van der Waals surface area contributed by atoms with Crippen LogP contribution >= 0.6 is 0 Å². The molecule has 2 atom stereocenters. The Bertz CT molecular complexity index is 481. The van der Waals surface area contributed by atoms with Gasteiger partial charge >= 0.3 is 0 Å². The predicted octanol–water partition coefficient (Wildman–Crippen LogP) is 2.47. The largest absolute Gasteiger partial charge is 0.391 e. The highest BCUT2D eigenvalue weighted by molar-refractivity contribution is 5.54. The Morgan fingerprint density at radius 3 is 2.68 bits per heavy atom.